The van der Waals surface area contributed by atoms with E-state index in [4.69, 9.17) is 9.47 Å². The van der Waals surface area contributed by atoms with Crippen molar-refractivity contribution in [3.8, 4) is 11.5 Å². The van der Waals surface area contributed by atoms with Gasteiger partial charge in [0.1, 0.15) is 12.2 Å². The predicted octanol–water partition coefficient (Wildman–Crippen LogP) is 2.98. The first-order chi connectivity index (χ1) is 14.1. The zero-order valence-electron chi connectivity index (χ0n) is 17.0. The molecule has 29 heavy (non-hydrogen) atoms. The van der Waals surface area contributed by atoms with Gasteiger partial charge in [-0.15, -0.1) is 0 Å². The van der Waals surface area contributed by atoms with Crippen molar-refractivity contribution in [1.29, 1.82) is 0 Å². The molecule has 2 bridgehead atoms. The van der Waals surface area contributed by atoms with Crippen molar-refractivity contribution in [3.05, 3.63) is 35.4 Å². The summed E-state index contributed by atoms with van der Waals surface area (Å²) < 4.78 is 12.4. The molecule has 1 N–H and O–H groups in total. The molecule has 0 radical (unpaired) electrons. The van der Waals surface area contributed by atoms with Crippen molar-refractivity contribution < 1.29 is 19.4 Å². The van der Waals surface area contributed by atoms with Crippen molar-refractivity contribution in [3.63, 3.8) is 0 Å². The van der Waals surface area contributed by atoms with Crippen LogP contribution in [0.25, 0.3) is 0 Å². The summed E-state index contributed by atoms with van der Waals surface area (Å²) in [7, 11) is 2.20. The number of ether oxygens (including phenoxy) is 2. The van der Waals surface area contributed by atoms with E-state index in [1.54, 1.807) is 0 Å². The minimum absolute atomic E-state index is 0.00143. The highest BCUT2D eigenvalue weighted by Gasteiger charge is 2.64. The van der Waals surface area contributed by atoms with Crippen LogP contribution in [0.2, 0.25) is 0 Å². The Hall–Kier alpha value is -1.85. The normalized spacial score (nSPS) is 37.7. The fraction of sp³-hybridized carbons (Fsp3) is 0.625. The van der Waals surface area contributed by atoms with Gasteiger partial charge in [-0.2, -0.15) is 0 Å². The number of aliphatic hydroxyl groups excluding tert-OH is 1. The average molecular weight is 395 g/mol. The summed E-state index contributed by atoms with van der Waals surface area (Å²) in [5, 5.41) is 10.8. The number of hydrogen-bond donors (Lipinski definition) is 1. The number of likely N-dealkylation sites (N-methyl/N-ethyl adjacent to an activating group) is 1. The monoisotopic (exact) mass is 395 g/mol. The number of carbonyl (C=O) groups excluding carboxylic acids is 1. The van der Waals surface area contributed by atoms with Gasteiger partial charge in [-0.1, -0.05) is 37.5 Å². The van der Waals surface area contributed by atoms with Crippen LogP contribution in [-0.4, -0.2) is 47.8 Å². The summed E-state index contributed by atoms with van der Waals surface area (Å²) in [5.74, 6) is 1.47. The zero-order valence-corrected chi connectivity index (χ0v) is 17.0. The maximum Gasteiger partial charge on any atom is 0.314 e. The van der Waals surface area contributed by atoms with E-state index < -0.39 is 6.10 Å². The van der Waals surface area contributed by atoms with Crippen LogP contribution in [0.4, 0.5) is 0 Å². The largest absolute Gasteiger partial charge is 0.482 e. The molecule has 5 atom stereocenters. The first-order valence-electron chi connectivity index (χ1n) is 11.2. The van der Waals surface area contributed by atoms with E-state index in [-0.39, 0.29) is 23.4 Å². The van der Waals surface area contributed by atoms with Crippen molar-refractivity contribution in [2.75, 3.05) is 13.6 Å². The van der Waals surface area contributed by atoms with Gasteiger partial charge in [0.15, 0.2) is 11.5 Å². The van der Waals surface area contributed by atoms with Gasteiger partial charge in [0, 0.05) is 22.9 Å². The standard InChI is InChI=1S/C24H29NO4/c1-25-12-11-24-16-8-9-18(26)22(24)29-21-19(10-7-15(20(21)24)13-17(16)25)28-23(27)14-5-3-2-4-6-14/h7-10,14,16-18,22,26H,2-6,11-13H2,1H3/t16-,17+,18-,22-,24-/m0/s1. The van der Waals surface area contributed by atoms with Crippen molar-refractivity contribution in [2.24, 2.45) is 11.8 Å². The Morgan fingerprint density at radius 2 is 2.07 bits per heavy atom. The molecule has 1 saturated heterocycles. The van der Waals surface area contributed by atoms with Crippen LogP contribution >= 0.6 is 0 Å². The van der Waals surface area contributed by atoms with Gasteiger partial charge in [0.25, 0.3) is 0 Å². The number of benzene rings is 1. The Bertz CT molecular complexity index is 889. The van der Waals surface area contributed by atoms with Crippen LogP contribution in [0.5, 0.6) is 11.5 Å². The van der Waals surface area contributed by atoms with Crippen LogP contribution < -0.4 is 9.47 Å². The van der Waals surface area contributed by atoms with Gasteiger partial charge >= 0.3 is 5.97 Å². The Balaban J connectivity index is 1.42. The second kappa shape index (κ2) is 6.32. The molecule has 1 aromatic carbocycles. The van der Waals surface area contributed by atoms with Gasteiger partial charge in [-0.3, -0.25) is 4.79 Å². The molecule has 2 fully saturated rings. The topological polar surface area (TPSA) is 59.0 Å². The maximum absolute atomic E-state index is 12.8. The molecular weight excluding hydrogens is 366 g/mol. The third kappa shape index (κ3) is 2.37. The predicted molar refractivity (Wildman–Crippen MR) is 108 cm³/mol. The molecular formula is C24H29NO4. The first kappa shape index (κ1) is 18.0. The molecule has 2 heterocycles. The first-order valence-corrected chi connectivity index (χ1v) is 11.2. The molecule has 1 saturated carbocycles. The number of nitrogens with zero attached hydrogens (tertiary/aromatic N) is 1. The summed E-state index contributed by atoms with van der Waals surface area (Å²) in [6.07, 6.45) is 10.4. The number of aliphatic hydroxyl groups is 1. The molecule has 0 aromatic heterocycles. The quantitative estimate of drug-likeness (QED) is 0.474. The van der Waals surface area contributed by atoms with E-state index in [1.165, 1.54) is 17.5 Å². The highest BCUT2D eigenvalue weighted by molar-refractivity contribution is 5.77. The van der Waals surface area contributed by atoms with Gasteiger partial charge in [0.2, 0.25) is 0 Å². The third-order valence-corrected chi connectivity index (χ3v) is 8.28. The number of esters is 1. The van der Waals surface area contributed by atoms with Gasteiger partial charge in [-0.25, -0.2) is 0 Å². The minimum Gasteiger partial charge on any atom is -0.482 e. The Kier molecular flexibility index (Phi) is 3.92. The SMILES string of the molecule is CN1CC[C@]23c4c5ccc(OC(=O)C6CCCCC6)c4O[C@H]2[C@@H](O)C=C[C@H]3[C@H]1C5. The maximum atomic E-state index is 12.8. The van der Waals surface area contributed by atoms with Gasteiger partial charge < -0.3 is 19.5 Å². The smallest absolute Gasteiger partial charge is 0.314 e. The van der Waals surface area contributed by atoms with E-state index in [2.05, 4.69) is 24.1 Å². The van der Waals surface area contributed by atoms with Crippen LogP contribution in [0.15, 0.2) is 24.3 Å². The number of piperidine rings is 1. The third-order valence-electron chi connectivity index (χ3n) is 8.28. The van der Waals surface area contributed by atoms with Crippen molar-refractivity contribution >= 4 is 5.97 Å². The zero-order chi connectivity index (χ0) is 19.8. The Morgan fingerprint density at radius 1 is 1.24 bits per heavy atom. The van der Waals surface area contributed by atoms with E-state index >= 15 is 0 Å². The summed E-state index contributed by atoms with van der Waals surface area (Å²) in [4.78, 5) is 15.3. The Morgan fingerprint density at radius 3 is 2.90 bits per heavy atom. The van der Waals surface area contributed by atoms with Gasteiger partial charge in [-0.05, 0) is 50.9 Å². The average Bonchev–Trinajstić information content (AvgIpc) is 3.10. The molecule has 1 spiro atoms. The summed E-state index contributed by atoms with van der Waals surface area (Å²) >= 11 is 0. The number of carbonyl (C=O) groups is 1. The van der Waals surface area contributed by atoms with Crippen molar-refractivity contribution in [2.45, 2.75) is 68.6 Å². The molecule has 3 aliphatic carbocycles. The molecule has 5 heteroatoms. The number of hydrogen-bond acceptors (Lipinski definition) is 5. The second-order valence-corrected chi connectivity index (χ2v) is 9.67. The lowest BCUT2D eigenvalue weighted by Crippen LogP contribution is -2.64. The number of rotatable bonds is 2. The number of likely N-dealkylation sites (tertiary alicyclic amines) is 1. The molecule has 0 unspecified atom stereocenters. The summed E-state index contributed by atoms with van der Waals surface area (Å²) in [6.45, 7) is 0.993. The lowest BCUT2D eigenvalue weighted by Gasteiger charge is -2.56. The van der Waals surface area contributed by atoms with Crippen LogP contribution in [-0.2, 0) is 16.6 Å². The molecule has 154 valence electrons. The van der Waals surface area contributed by atoms with E-state index in [0.717, 1.165) is 45.1 Å². The molecule has 0 amide bonds. The van der Waals surface area contributed by atoms with Crippen LogP contribution in [0, 0.1) is 11.8 Å². The highest BCUT2D eigenvalue weighted by atomic mass is 16.6. The molecule has 1 aromatic rings. The summed E-state index contributed by atoms with van der Waals surface area (Å²) in [6, 6.07) is 4.47. The molecule has 5 aliphatic rings. The van der Waals surface area contributed by atoms with E-state index in [0.29, 0.717) is 23.5 Å². The van der Waals surface area contributed by atoms with E-state index in [1.807, 2.05) is 12.1 Å². The highest BCUT2D eigenvalue weighted by Crippen LogP contribution is 2.62. The summed E-state index contributed by atoms with van der Waals surface area (Å²) in [5.41, 5.74) is 2.28. The fourth-order valence-corrected chi connectivity index (χ4v) is 6.84. The molecule has 2 aliphatic heterocycles. The Labute approximate surface area is 171 Å². The minimum atomic E-state index is -0.629. The molecule has 5 nitrogen and oxygen atoms in total. The van der Waals surface area contributed by atoms with Gasteiger partial charge in [0.05, 0.1) is 5.92 Å². The lowest BCUT2D eigenvalue weighted by atomic mass is 9.53. The fourth-order valence-electron chi connectivity index (χ4n) is 6.84. The van der Waals surface area contributed by atoms with Crippen LogP contribution in [0.1, 0.15) is 49.7 Å². The second-order valence-electron chi connectivity index (χ2n) is 9.67. The molecule has 6 rings (SSSR count). The van der Waals surface area contributed by atoms with Crippen LogP contribution in [0.3, 0.4) is 0 Å². The lowest BCUT2D eigenvalue weighted by molar-refractivity contribution is -0.140. The van der Waals surface area contributed by atoms with E-state index in [9.17, 15) is 9.90 Å². The van der Waals surface area contributed by atoms with Crippen molar-refractivity contribution in [1.82, 2.24) is 4.90 Å².